The van der Waals surface area contributed by atoms with Crippen LogP contribution < -0.4 is 10.6 Å². The molecule has 1 atom stereocenters. The molecular weight excluding hydrogens is 420 g/mol. The summed E-state index contributed by atoms with van der Waals surface area (Å²) >= 11 is 0. The fourth-order valence-electron chi connectivity index (χ4n) is 4.74. The number of carboxylic acids is 1. The molecule has 0 saturated heterocycles. The van der Waals surface area contributed by atoms with Crippen LogP contribution in [0.5, 0.6) is 0 Å². The van der Waals surface area contributed by atoms with Gasteiger partial charge < -0.3 is 20.5 Å². The number of aliphatic carboxylic acids is 1. The first-order valence-electron chi connectivity index (χ1n) is 11.5. The molecule has 0 aliphatic heterocycles. The first kappa shape index (κ1) is 22.8. The van der Waals surface area contributed by atoms with E-state index in [0.29, 0.717) is 19.3 Å². The summed E-state index contributed by atoms with van der Waals surface area (Å²) in [6.45, 7) is 4.07. The van der Waals surface area contributed by atoms with Gasteiger partial charge in [-0.1, -0.05) is 62.4 Å². The van der Waals surface area contributed by atoms with Crippen molar-refractivity contribution in [3.05, 3.63) is 59.7 Å². The Hall–Kier alpha value is -3.35. The van der Waals surface area contributed by atoms with Gasteiger partial charge in [0.25, 0.3) is 0 Å². The summed E-state index contributed by atoms with van der Waals surface area (Å²) in [4.78, 5) is 36.1. The minimum absolute atomic E-state index is 0.00280. The zero-order valence-electron chi connectivity index (χ0n) is 18.9. The summed E-state index contributed by atoms with van der Waals surface area (Å²) in [7, 11) is 0. The Balaban J connectivity index is 1.25. The van der Waals surface area contributed by atoms with Crippen LogP contribution in [0.15, 0.2) is 48.5 Å². The van der Waals surface area contributed by atoms with Crippen molar-refractivity contribution in [2.24, 2.45) is 11.8 Å². The van der Waals surface area contributed by atoms with Crippen LogP contribution >= 0.6 is 0 Å². The van der Waals surface area contributed by atoms with Gasteiger partial charge in [0.15, 0.2) is 0 Å². The number of carboxylic acid groups (broad SMARTS) is 1. The molecule has 2 aliphatic carbocycles. The molecule has 0 heterocycles. The third-order valence-electron chi connectivity index (χ3n) is 6.50. The predicted molar refractivity (Wildman–Crippen MR) is 124 cm³/mol. The molecule has 7 nitrogen and oxygen atoms in total. The van der Waals surface area contributed by atoms with Gasteiger partial charge in [-0.05, 0) is 47.4 Å². The Morgan fingerprint density at radius 1 is 1.00 bits per heavy atom. The minimum atomic E-state index is -1.02. The van der Waals surface area contributed by atoms with E-state index in [4.69, 9.17) is 4.74 Å². The van der Waals surface area contributed by atoms with Crippen LogP contribution in [0.4, 0.5) is 4.79 Å². The van der Waals surface area contributed by atoms with E-state index in [-0.39, 0.29) is 36.3 Å². The summed E-state index contributed by atoms with van der Waals surface area (Å²) in [5, 5.41) is 14.7. The third kappa shape index (κ3) is 5.02. The van der Waals surface area contributed by atoms with Gasteiger partial charge in [-0.3, -0.25) is 4.79 Å². The molecule has 3 N–H and O–H groups in total. The predicted octanol–water partition coefficient (Wildman–Crippen LogP) is 3.92. The number of carbonyl (C=O) groups excluding carboxylic acids is 2. The van der Waals surface area contributed by atoms with Crippen LogP contribution in [0.25, 0.3) is 11.1 Å². The standard InChI is InChI=1S/C26H30N2O5/c1-15(2)11-23(25(30)31)28-24(29)16-12-17(13-16)27-26(32)33-14-22-20-9-5-3-7-18(20)19-8-4-6-10-21(19)22/h3-10,15-17,22-23H,11-14H2,1-2H3,(H,27,32)(H,28,29)(H,30,31)/t16?,17?,23-/m0/s1. The van der Waals surface area contributed by atoms with Crippen molar-refractivity contribution >= 4 is 18.0 Å². The second kappa shape index (κ2) is 9.65. The first-order valence-corrected chi connectivity index (χ1v) is 11.5. The fraction of sp³-hybridized carbons (Fsp3) is 0.423. The Labute approximate surface area is 193 Å². The summed E-state index contributed by atoms with van der Waals surface area (Å²) < 4.78 is 5.55. The van der Waals surface area contributed by atoms with E-state index in [2.05, 4.69) is 34.9 Å². The van der Waals surface area contributed by atoms with E-state index in [9.17, 15) is 19.5 Å². The lowest BCUT2D eigenvalue weighted by molar-refractivity contribution is -0.143. The van der Waals surface area contributed by atoms with Crippen molar-refractivity contribution in [1.29, 1.82) is 0 Å². The zero-order chi connectivity index (χ0) is 23.5. The summed E-state index contributed by atoms with van der Waals surface area (Å²) in [6.07, 6.45) is 0.840. The van der Waals surface area contributed by atoms with Gasteiger partial charge in [0.2, 0.25) is 5.91 Å². The van der Waals surface area contributed by atoms with Crippen LogP contribution in [-0.2, 0) is 14.3 Å². The molecule has 1 fully saturated rings. The van der Waals surface area contributed by atoms with Crippen LogP contribution in [0, 0.1) is 11.8 Å². The van der Waals surface area contributed by atoms with E-state index in [0.717, 1.165) is 11.1 Å². The van der Waals surface area contributed by atoms with E-state index < -0.39 is 18.1 Å². The first-order chi connectivity index (χ1) is 15.8. The Kier molecular flexibility index (Phi) is 6.67. The van der Waals surface area contributed by atoms with Crippen molar-refractivity contribution in [3.63, 3.8) is 0 Å². The molecule has 2 aromatic carbocycles. The number of alkyl carbamates (subject to hydrolysis) is 1. The maximum atomic E-state index is 12.4. The van der Waals surface area contributed by atoms with Gasteiger partial charge in [-0.25, -0.2) is 9.59 Å². The van der Waals surface area contributed by atoms with Gasteiger partial charge >= 0.3 is 12.1 Å². The largest absolute Gasteiger partial charge is 0.480 e. The number of nitrogens with one attached hydrogen (secondary N) is 2. The van der Waals surface area contributed by atoms with Gasteiger partial charge in [-0.2, -0.15) is 0 Å². The number of amides is 2. The molecule has 1 saturated carbocycles. The molecule has 0 bridgehead atoms. The lowest BCUT2D eigenvalue weighted by Crippen LogP contribution is -2.52. The minimum Gasteiger partial charge on any atom is -0.480 e. The van der Waals surface area contributed by atoms with Crippen molar-refractivity contribution in [2.75, 3.05) is 6.61 Å². The maximum absolute atomic E-state index is 12.4. The summed E-state index contributed by atoms with van der Waals surface area (Å²) in [5.41, 5.74) is 4.65. The molecule has 7 heteroatoms. The van der Waals surface area contributed by atoms with Gasteiger partial charge in [0.1, 0.15) is 12.6 Å². The lowest BCUT2D eigenvalue weighted by atomic mass is 9.79. The molecule has 0 spiro atoms. The van der Waals surface area contributed by atoms with Crippen LogP contribution in [0.1, 0.15) is 50.2 Å². The average Bonchev–Trinajstić information content (AvgIpc) is 3.07. The second-order valence-corrected chi connectivity index (χ2v) is 9.36. The van der Waals surface area contributed by atoms with E-state index in [1.165, 1.54) is 11.1 Å². The molecule has 2 aliphatic rings. The SMILES string of the molecule is CC(C)C[C@H](NC(=O)C1CC(NC(=O)OCC2c3ccccc3-c3ccccc32)C1)C(=O)O. The lowest BCUT2D eigenvalue weighted by Gasteiger charge is -2.35. The number of carbonyl (C=O) groups is 3. The van der Waals surface area contributed by atoms with Crippen molar-refractivity contribution < 1.29 is 24.2 Å². The smallest absolute Gasteiger partial charge is 0.407 e. The van der Waals surface area contributed by atoms with Crippen LogP contribution in [-0.4, -0.2) is 41.8 Å². The molecule has 4 rings (SSSR count). The van der Waals surface area contributed by atoms with Crippen molar-refractivity contribution in [3.8, 4) is 11.1 Å². The third-order valence-corrected chi connectivity index (χ3v) is 6.50. The molecule has 0 unspecified atom stereocenters. The molecule has 2 aromatic rings. The molecule has 174 valence electrons. The highest BCUT2D eigenvalue weighted by molar-refractivity contribution is 5.86. The number of ether oxygens (including phenoxy) is 1. The topological polar surface area (TPSA) is 105 Å². The van der Waals surface area contributed by atoms with Crippen molar-refractivity contribution in [1.82, 2.24) is 10.6 Å². The number of rotatable bonds is 8. The van der Waals surface area contributed by atoms with Gasteiger partial charge in [0.05, 0.1) is 0 Å². The molecule has 33 heavy (non-hydrogen) atoms. The van der Waals surface area contributed by atoms with E-state index in [1.54, 1.807) is 0 Å². The van der Waals surface area contributed by atoms with E-state index in [1.807, 2.05) is 38.1 Å². The van der Waals surface area contributed by atoms with Crippen LogP contribution in [0.2, 0.25) is 0 Å². The molecule has 0 radical (unpaired) electrons. The monoisotopic (exact) mass is 450 g/mol. The average molecular weight is 451 g/mol. The summed E-state index contributed by atoms with van der Waals surface area (Å²) in [6, 6.07) is 15.3. The summed E-state index contributed by atoms with van der Waals surface area (Å²) in [5.74, 6) is -1.43. The number of hydrogen-bond acceptors (Lipinski definition) is 4. The number of hydrogen-bond donors (Lipinski definition) is 3. The number of benzene rings is 2. The maximum Gasteiger partial charge on any atom is 0.407 e. The normalized spacial score (nSPS) is 19.7. The Bertz CT molecular complexity index is 999. The van der Waals surface area contributed by atoms with Crippen LogP contribution in [0.3, 0.4) is 0 Å². The molecular formula is C26H30N2O5. The number of fused-ring (bicyclic) bond motifs is 3. The highest BCUT2D eigenvalue weighted by atomic mass is 16.5. The van der Waals surface area contributed by atoms with Gasteiger partial charge in [0, 0.05) is 17.9 Å². The highest BCUT2D eigenvalue weighted by Gasteiger charge is 2.37. The molecule has 0 aromatic heterocycles. The second-order valence-electron chi connectivity index (χ2n) is 9.36. The fourth-order valence-corrected chi connectivity index (χ4v) is 4.74. The Morgan fingerprint density at radius 3 is 2.12 bits per heavy atom. The quantitative estimate of drug-likeness (QED) is 0.565. The Morgan fingerprint density at radius 2 is 1.58 bits per heavy atom. The van der Waals surface area contributed by atoms with E-state index >= 15 is 0 Å². The van der Waals surface area contributed by atoms with Crippen molar-refractivity contribution in [2.45, 2.75) is 51.1 Å². The molecule has 2 amide bonds. The van der Waals surface area contributed by atoms with Gasteiger partial charge in [-0.15, -0.1) is 0 Å². The highest BCUT2D eigenvalue weighted by Crippen LogP contribution is 2.44. The zero-order valence-corrected chi connectivity index (χ0v) is 18.9.